The molecule has 76 valence electrons. The summed E-state index contributed by atoms with van der Waals surface area (Å²) in [6.45, 7) is 3.45. The topological polar surface area (TPSA) is 73.9 Å². The van der Waals surface area contributed by atoms with Crippen LogP contribution in [0.25, 0.3) is 0 Å². The molecule has 0 amide bonds. The van der Waals surface area contributed by atoms with Crippen molar-refractivity contribution in [3.05, 3.63) is 0 Å². The molecule has 7 heteroatoms. The molecule has 0 radical (unpaired) electrons. The number of hydrogen-bond donors (Lipinski definition) is 1. The lowest BCUT2D eigenvalue weighted by Gasteiger charge is -2.22. The average Bonchev–Trinajstić information content (AvgIpc) is 2.20. The van der Waals surface area contributed by atoms with Crippen molar-refractivity contribution in [1.29, 1.82) is 0 Å². The minimum absolute atomic E-state index is 0.00340. The van der Waals surface area contributed by atoms with E-state index in [-0.39, 0.29) is 12.7 Å². The highest BCUT2D eigenvalue weighted by molar-refractivity contribution is 7.84. The Morgan fingerprint density at radius 1 is 1.38 bits per heavy atom. The maximum absolute atomic E-state index is 10.9. The van der Waals surface area contributed by atoms with Crippen molar-refractivity contribution in [2.75, 3.05) is 6.61 Å². The Morgan fingerprint density at radius 2 is 2.08 bits per heavy atom. The van der Waals surface area contributed by atoms with Gasteiger partial charge < -0.3 is 9.47 Å². The first-order chi connectivity index (χ1) is 5.88. The molecule has 1 N–H and O–H groups in total. The van der Waals surface area contributed by atoms with E-state index in [1.165, 1.54) is 0 Å². The van der Waals surface area contributed by atoms with E-state index >= 15 is 0 Å². The van der Waals surface area contributed by atoms with Gasteiger partial charge in [-0.2, -0.15) is 13.1 Å². The fourth-order valence-electron chi connectivity index (χ4n) is 1.39. The van der Waals surface area contributed by atoms with Gasteiger partial charge in [0.2, 0.25) is 0 Å². The molecule has 0 bridgehead atoms. The summed E-state index contributed by atoms with van der Waals surface area (Å²) in [5.74, 6) is -0.758. The molecule has 2 rings (SSSR count). The molecule has 2 atom stereocenters. The van der Waals surface area contributed by atoms with Gasteiger partial charge in [-0.05, 0) is 13.8 Å². The van der Waals surface area contributed by atoms with Gasteiger partial charge in [0.1, 0.15) is 6.10 Å². The standard InChI is InChI=1S/C6H11NO5S/c1-6(2)11-4-3-10-13(8,9)7-5(4)12-6/h4-5,7H,3H2,1-2H3/t4-,5-/m1/s1. The van der Waals surface area contributed by atoms with Gasteiger partial charge in [-0.1, -0.05) is 0 Å². The Kier molecular flexibility index (Phi) is 1.90. The van der Waals surface area contributed by atoms with Gasteiger partial charge in [0.05, 0.1) is 6.61 Å². The monoisotopic (exact) mass is 209 g/mol. The summed E-state index contributed by atoms with van der Waals surface area (Å²) in [5, 5.41) is 0. The van der Waals surface area contributed by atoms with E-state index in [0.717, 1.165) is 0 Å². The zero-order chi connectivity index (χ0) is 9.69. The maximum Gasteiger partial charge on any atom is 0.338 e. The first-order valence-electron chi connectivity index (χ1n) is 3.90. The van der Waals surface area contributed by atoms with E-state index in [9.17, 15) is 8.42 Å². The molecular weight excluding hydrogens is 198 g/mol. The van der Waals surface area contributed by atoms with E-state index in [4.69, 9.17) is 9.47 Å². The fourth-order valence-corrected chi connectivity index (χ4v) is 2.26. The summed E-state index contributed by atoms with van der Waals surface area (Å²) in [4.78, 5) is 0. The van der Waals surface area contributed by atoms with Crippen molar-refractivity contribution in [2.24, 2.45) is 0 Å². The van der Waals surface area contributed by atoms with Gasteiger partial charge in [0.25, 0.3) is 0 Å². The van der Waals surface area contributed by atoms with Gasteiger partial charge in [-0.25, -0.2) is 0 Å². The Labute approximate surface area is 76.4 Å². The van der Waals surface area contributed by atoms with Crippen LogP contribution in [0.5, 0.6) is 0 Å². The molecule has 6 nitrogen and oxygen atoms in total. The SMILES string of the molecule is CC1(C)O[C@H]2NS(=O)(=O)OC[C@H]2O1. The summed E-state index contributed by atoms with van der Waals surface area (Å²) in [7, 11) is -3.64. The summed E-state index contributed by atoms with van der Waals surface area (Å²) < 4.78 is 39.3. The van der Waals surface area contributed by atoms with Crippen molar-refractivity contribution in [1.82, 2.24) is 4.72 Å². The molecule has 2 aliphatic heterocycles. The van der Waals surface area contributed by atoms with Crippen LogP contribution in [0.3, 0.4) is 0 Å². The molecule has 2 heterocycles. The van der Waals surface area contributed by atoms with Crippen LogP contribution in [0.15, 0.2) is 0 Å². The summed E-state index contributed by atoms with van der Waals surface area (Å²) in [6.07, 6.45) is -0.993. The lowest BCUT2D eigenvalue weighted by molar-refractivity contribution is -0.147. The molecule has 0 aromatic carbocycles. The molecular formula is C6H11NO5S. The molecule has 2 fully saturated rings. The van der Waals surface area contributed by atoms with Crippen LogP contribution in [0.2, 0.25) is 0 Å². The molecule has 0 aliphatic carbocycles. The number of hydrogen-bond acceptors (Lipinski definition) is 5. The molecule has 0 unspecified atom stereocenters. The second-order valence-corrected chi connectivity index (χ2v) is 4.83. The molecule has 0 saturated carbocycles. The minimum atomic E-state index is -3.64. The second kappa shape index (κ2) is 2.64. The van der Waals surface area contributed by atoms with Crippen molar-refractivity contribution in [3.63, 3.8) is 0 Å². The molecule has 2 aliphatic rings. The van der Waals surface area contributed by atoms with Crippen molar-refractivity contribution in [2.45, 2.75) is 32.0 Å². The first kappa shape index (κ1) is 9.35. The van der Waals surface area contributed by atoms with Crippen LogP contribution in [-0.2, 0) is 24.0 Å². The van der Waals surface area contributed by atoms with Crippen LogP contribution in [0, 0.1) is 0 Å². The highest BCUT2D eigenvalue weighted by atomic mass is 32.2. The average molecular weight is 209 g/mol. The maximum atomic E-state index is 10.9. The largest absolute Gasteiger partial charge is 0.341 e. The Bertz CT molecular complexity index is 311. The fraction of sp³-hybridized carbons (Fsp3) is 1.00. The van der Waals surface area contributed by atoms with Gasteiger partial charge in [-0.3, -0.25) is 4.18 Å². The van der Waals surface area contributed by atoms with Gasteiger partial charge in [-0.15, -0.1) is 0 Å². The second-order valence-electron chi connectivity index (χ2n) is 3.45. The smallest absolute Gasteiger partial charge is 0.338 e. The van der Waals surface area contributed by atoms with E-state index in [1.54, 1.807) is 13.8 Å². The molecule has 0 aromatic rings. The van der Waals surface area contributed by atoms with Gasteiger partial charge in [0.15, 0.2) is 12.0 Å². The third-order valence-electron chi connectivity index (χ3n) is 1.83. The number of nitrogens with one attached hydrogen (secondary N) is 1. The third kappa shape index (κ3) is 1.84. The van der Waals surface area contributed by atoms with Gasteiger partial charge >= 0.3 is 10.3 Å². The van der Waals surface area contributed by atoms with Crippen LogP contribution >= 0.6 is 0 Å². The van der Waals surface area contributed by atoms with Crippen molar-refractivity contribution >= 4 is 10.3 Å². The van der Waals surface area contributed by atoms with E-state index in [0.29, 0.717) is 0 Å². The predicted molar refractivity (Wildman–Crippen MR) is 41.8 cm³/mol. The van der Waals surface area contributed by atoms with Crippen LogP contribution in [-0.4, -0.2) is 33.1 Å². The third-order valence-corrected chi connectivity index (χ3v) is 2.80. The van der Waals surface area contributed by atoms with Crippen LogP contribution in [0.1, 0.15) is 13.8 Å². The Hall–Kier alpha value is -0.210. The summed E-state index contributed by atoms with van der Waals surface area (Å²) >= 11 is 0. The zero-order valence-corrected chi connectivity index (χ0v) is 8.13. The highest BCUT2D eigenvalue weighted by Gasteiger charge is 2.46. The molecule has 2 saturated heterocycles. The molecule has 13 heavy (non-hydrogen) atoms. The minimum Gasteiger partial charge on any atom is -0.341 e. The van der Waals surface area contributed by atoms with E-state index in [1.807, 2.05) is 0 Å². The lowest BCUT2D eigenvalue weighted by Crippen LogP contribution is -2.49. The predicted octanol–water partition coefficient (Wildman–Crippen LogP) is -0.671. The van der Waals surface area contributed by atoms with E-state index < -0.39 is 22.3 Å². The van der Waals surface area contributed by atoms with Crippen LogP contribution in [0.4, 0.5) is 0 Å². The normalized spacial score (nSPS) is 41.4. The summed E-state index contributed by atoms with van der Waals surface area (Å²) in [6, 6.07) is 0. The lowest BCUT2D eigenvalue weighted by atomic mass is 10.3. The molecule has 0 spiro atoms. The van der Waals surface area contributed by atoms with Gasteiger partial charge in [0, 0.05) is 0 Å². The van der Waals surface area contributed by atoms with E-state index in [2.05, 4.69) is 8.91 Å². The van der Waals surface area contributed by atoms with Crippen molar-refractivity contribution < 1.29 is 22.1 Å². The zero-order valence-electron chi connectivity index (χ0n) is 7.31. The first-order valence-corrected chi connectivity index (χ1v) is 5.31. The number of ether oxygens (including phenoxy) is 2. The quantitative estimate of drug-likeness (QED) is 0.572. The highest BCUT2D eigenvalue weighted by Crippen LogP contribution is 2.29. The van der Waals surface area contributed by atoms with Crippen LogP contribution < -0.4 is 4.72 Å². The number of rotatable bonds is 0. The Balaban J connectivity index is 2.15. The Morgan fingerprint density at radius 3 is 2.77 bits per heavy atom. The summed E-state index contributed by atoms with van der Waals surface area (Å²) in [5.41, 5.74) is 0. The van der Waals surface area contributed by atoms with Crippen molar-refractivity contribution in [3.8, 4) is 0 Å². The molecule has 0 aromatic heterocycles. The number of fused-ring (bicyclic) bond motifs is 1.